The fourth-order valence-corrected chi connectivity index (χ4v) is 1.92. The number of hydrogen-bond acceptors (Lipinski definition) is 4. The Balaban J connectivity index is 1.67. The minimum atomic E-state index is -0.00507. The number of hydrogen-bond donors (Lipinski definition) is 3. The first-order chi connectivity index (χ1) is 8.18. The van der Waals surface area contributed by atoms with Gasteiger partial charge in [0.15, 0.2) is 0 Å². The third-order valence-corrected chi connectivity index (χ3v) is 3.08. The number of furan rings is 1. The average Bonchev–Trinajstić information content (AvgIpc) is 2.95. The van der Waals surface area contributed by atoms with E-state index >= 15 is 0 Å². The molecule has 1 amide bonds. The summed E-state index contributed by atoms with van der Waals surface area (Å²) in [4.78, 5) is 11.6. The van der Waals surface area contributed by atoms with Gasteiger partial charge in [-0.3, -0.25) is 4.79 Å². The van der Waals surface area contributed by atoms with Crippen LogP contribution in [-0.4, -0.2) is 31.1 Å². The maximum atomic E-state index is 11.6. The second-order valence-electron chi connectivity index (χ2n) is 4.70. The van der Waals surface area contributed by atoms with E-state index < -0.39 is 0 Å². The maximum Gasteiger partial charge on any atom is 0.234 e. The quantitative estimate of drug-likeness (QED) is 0.686. The largest absolute Gasteiger partial charge is 0.467 e. The molecule has 0 saturated carbocycles. The second-order valence-corrected chi connectivity index (χ2v) is 4.70. The zero-order valence-electron chi connectivity index (χ0n) is 10.1. The lowest BCUT2D eigenvalue weighted by Crippen LogP contribution is -2.48. The zero-order valence-corrected chi connectivity index (χ0v) is 10.1. The Morgan fingerprint density at radius 3 is 3.18 bits per heavy atom. The summed E-state index contributed by atoms with van der Waals surface area (Å²) in [5, 5.41) is 9.38. The summed E-state index contributed by atoms with van der Waals surface area (Å²) in [6.07, 6.45) is 2.66. The Labute approximate surface area is 101 Å². The second kappa shape index (κ2) is 5.33. The van der Waals surface area contributed by atoms with Crippen molar-refractivity contribution in [1.29, 1.82) is 0 Å². The molecule has 5 heteroatoms. The predicted molar refractivity (Wildman–Crippen MR) is 64.4 cm³/mol. The molecule has 2 rings (SSSR count). The van der Waals surface area contributed by atoms with Crippen molar-refractivity contribution in [3.8, 4) is 0 Å². The van der Waals surface area contributed by atoms with E-state index in [4.69, 9.17) is 4.42 Å². The minimum absolute atomic E-state index is 0.00507. The number of amides is 1. The van der Waals surface area contributed by atoms with Gasteiger partial charge in [-0.15, -0.1) is 0 Å². The first kappa shape index (κ1) is 12.1. The summed E-state index contributed by atoms with van der Waals surface area (Å²) in [5.41, 5.74) is 0.0437. The molecule has 94 valence electrons. The summed E-state index contributed by atoms with van der Waals surface area (Å²) < 4.78 is 5.14. The Kier molecular flexibility index (Phi) is 3.81. The predicted octanol–water partition coefficient (Wildman–Crippen LogP) is 0.237. The highest BCUT2D eigenvalue weighted by Gasteiger charge is 2.28. The van der Waals surface area contributed by atoms with E-state index in [1.165, 1.54) is 0 Å². The van der Waals surface area contributed by atoms with Crippen molar-refractivity contribution in [2.75, 3.05) is 19.6 Å². The summed E-state index contributed by atoms with van der Waals surface area (Å²) in [6, 6.07) is 3.65. The summed E-state index contributed by atoms with van der Waals surface area (Å²) >= 11 is 0. The molecule has 1 aromatic heterocycles. The van der Waals surface area contributed by atoms with Gasteiger partial charge in [-0.1, -0.05) is 0 Å². The highest BCUT2D eigenvalue weighted by atomic mass is 16.3. The molecule has 0 bridgehead atoms. The fourth-order valence-electron chi connectivity index (χ4n) is 1.92. The van der Waals surface area contributed by atoms with Crippen LogP contribution in [0.2, 0.25) is 0 Å². The standard InChI is InChI=1S/C12H19N3O2/c1-12(4-5-13-9-12)15-8-11(16)14-7-10-3-2-6-17-10/h2-3,6,13,15H,4-5,7-9H2,1H3,(H,14,16). The molecule has 0 aromatic carbocycles. The molecule has 1 fully saturated rings. The van der Waals surface area contributed by atoms with Crippen molar-refractivity contribution in [3.63, 3.8) is 0 Å². The Morgan fingerprint density at radius 1 is 1.65 bits per heavy atom. The van der Waals surface area contributed by atoms with Gasteiger partial charge in [-0.2, -0.15) is 0 Å². The van der Waals surface area contributed by atoms with Gasteiger partial charge in [-0.25, -0.2) is 0 Å². The van der Waals surface area contributed by atoms with Gasteiger partial charge in [0.05, 0.1) is 19.4 Å². The minimum Gasteiger partial charge on any atom is -0.467 e. The molecule has 1 saturated heterocycles. The Bertz CT molecular complexity index is 356. The Morgan fingerprint density at radius 2 is 2.53 bits per heavy atom. The molecule has 5 nitrogen and oxygen atoms in total. The molecule has 17 heavy (non-hydrogen) atoms. The van der Waals surface area contributed by atoms with Gasteiger partial charge in [0, 0.05) is 12.1 Å². The number of carbonyl (C=O) groups is 1. The SMILES string of the molecule is CC1(NCC(=O)NCc2ccco2)CCNC1. The fraction of sp³-hybridized carbons (Fsp3) is 0.583. The van der Waals surface area contributed by atoms with E-state index in [0.717, 1.165) is 25.3 Å². The van der Waals surface area contributed by atoms with Crippen molar-refractivity contribution in [3.05, 3.63) is 24.2 Å². The highest BCUT2D eigenvalue weighted by Crippen LogP contribution is 2.12. The molecule has 1 unspecified atom stereocenters. The lowest BCUT2D eigenvalue weighted by Gasteiger charge is -2.24. The van der Waals surface area contributed by atoms with Crippen LogP contribution in [-0.2, 0) is 11.3 Å². The summed E-state index contributed by atoms with van der Waals surface area (Å²) in [6.45, 7) is 4.85. The van der Waals surface area contributed by atoms with Gasteiger partial charge < -0.3 is 20.4 Å². The van der Waals surface area contributed by atoms with Gasteiger partial charge in [-0.05, 0) is 32.0 Å². The van der Waals surface area contributed by atoms with E-state index in [1.807, 2.05) is 12.1 Å². The third-order valence-electron chi connectivity index (χ3n) is 3.08. The van der Waals surface area contributed by atoms with E-state index in [-0.39, 0.29) is 11.4 Å². The van der Waals surface area contributed by atoms with Gasteiger partial charge >= 0.3 is 0 Å². The van der Waals surface area contributed by atoms with Crippen molar-refractivity contribution in [2.45, 2.75) is 25.4 Å². The first-order valence-electron chi connectivity index (χ1n) is 5.93. The smallest absolute Gasteiger partial charge is 0.234 e. The molecular formula is C12H19N3O2. The molecule has 1 aliphatic heterocycles. The van der Waals surface area contributed by atoms with Crippen LogP contribution >= 0.6 is 0 Å². The number of carbonyl (C=O) groups excluding carboxylic acids is 1. The molecule has 1 aromatic rings. The molecular weight excluding hydrogens is 218 g/mol. The van der Waals surface area contributed by atoms with Crippen molar-refractivity contribution < 1.29 is 9.21 Å². The van der Waals surface area contributed by atoms with Crippen LogP contribution in [0.5, 0.6) is 0 Å². The number of nitrogens with one attached hydrogen (secondary N) is 3. The lowest BCUT2D eigenvalue weighted by molar-refractivity contribution is -0.120. The normalized spacial score (nSPS) is 23.8. The van der Waals surface area contributed by atoms with Gasteiger partial charge in [0.2, 0.25) is 5.91 Å². The third kappa shape index (κ3) is 3.57. The molecule has 0 aliphatic carbocycles. The van der Waals surface area contributed by atoms with Gasteiger partial charge in [0.25, 0.3) is 0 Å². The van der Waals surface area contributed by atoms with E-state index in [2.05, 4.69) is 22.9 Å². The van der Waals surface area contributed by atoms with Crippen LogP contribution in [0.15, 0.2) is 22.8 Å². The van der Waals surface area contributed by atoms with Crippen molar-refractivity contribution in [1.82, 2.24) is 16.0 Å². The number of rotatable bonds is 5. The van der Waals surface area contributed by atoms with E-state index in [1.54, 1.807) is 6.26 Å². The van der Waals surface area contributed by atoms with Crippen molar-refractivity contribution >= 4 is 5.91 Å². The Hall–Kier alpha value is -1.33. The zero-order chi connectivity index (χ0) is 12.1. The lowest BCUT2D eigenvalue weighted by atomic mass is 10.0. The van der Waals surface area contributed by atoms with Crippen LogP contribution < -0.4 is 16.0 Å². The first-order valence-corrected chi connectivity index (χ1v) is 5.93. The monoisotopic (exact) mass is 237 g/mol. The van der Waals surface area contributed by atoms with Crippen molar-refractivity contribution in [2.24, 2.45) is 0 Å². The van der Waals surface area contributed by atoms with Crippen LogP contribution in [0.4, 0.5) is 0 Å². The van der Waals surface area contributed by atoms with E-state index in [9.17, 15) is 4.79 Å². The van der Waals surface area contributed by atoms with Crippen LogP contribution in [0.25, 0.3) is 0 Å². The molecule has 3 N–H and O–H groups in total. The summed E-state index contributed by atoms with van der Waals surface area (Å²) in [5.74, 6) is 0.765. The van der Waals surface area contributed by atoms with Crippen LogP contribution in [0, 0.1) is 0 Å². The topological polar surface area (TPSA) is 66.3 Å². The maximum absolute atomic E-state index is 11.6. The van der Waals surface area contributed by atoms with Crippen LogP contribution in [0.1, 0.15) is 19.1 Å². The molecule has 2 heterocycles. The molecule has 1 aliphatic rings. The van der Waals surface area contributed by atoms with Gasteiger partial charge in [0.1, 0.15) is 5.76 Å². The van der Waals surface area contributed by atoms with E-state index in [0.29, 0.717) is 13.1 Å². The summed E-state index contributed by atoms with van der Waals surface area (Å²) in [7, 11) is 0. The molecule has 0 spiro atoms. The molecule has 0 radical (unpaired) electrons. The average molecular weight is 237 g/mol. The highest BCUT2D eigenvalue weighted by molar-refractivity contribution is 5.78. The van der Waals surface area contributed by atoms with Crippen LogP contribution in [0.3, 0.4) is 0 Å². The molecule has 1 atom stereocenters.